The van der Waals surface area contributed by atoms with E-state index in [1.807, 2.05) is 6.92 Å². The Morgan fingerprint density at radius 3 is 2.38 bits per heavy atom. The molecule has 162 valence electrons. The summed E-state index contributed by atoms with van der Waals surface area (Å²) < 4.78 is 1.67. The van der Waals surface area contributed by atoms with E-state index in [4.69, 9.17) is 39.9 Å². The van der Waals surface area contributed by atoms with Crippen LogP contribution in [-0.2, 0) is 6.54 Å². The van der Waals surface area contributed by atoms with Crippen LogP contribution in [0.15, 0.2) is 42.5 Å². The molecule has 1 aliphatic rings. The SMILES string of the molecule is CC1Cn2nc(-c3ccc(Cl)c(Cl)c3)c(C(N)=O)c2C(c2ccc(C#N)cc2)N1C(N)=O. The standard InChI is InChI=1S/C22H18Cl2N6O2/c1-11-10-29-20(19(30(11)22(27)32)13-4-2-12(9-25)3-5-13)17(21(26)31)18(28-29)14-6-7-15(23)16(24)8-14/h2-8,11,19H,10H2,1H3,(H2,26,31)(H2,27,32). The third-order valence-corrected chi connectivity index (χ3v) is 6.23. The predicted octanol–water partition coefficient (Wildman–Crippen LogP) is 3.70. The molecule has 3 aromatic rings. The van der Waals surface area contributed by atoms with Crippen LogP contribution in [0.4, 0.5) is 4.79 Å². The molecule has 0 spiro atoms. The molecule has 0 saturated heterocycles. The van der Waals surface area contributed by atoms with E-state index in [0.717, 1.165) is 0 Å². The van der Waals surface area contributed by atoms with Crippen LogP contribution >= 0.6 is 23.2 Å². The molecule has 0 radical (unpaired) electrons. The number of carbonyl (C=O) groups is 2. The van der Waals surface area contributed by atoms with Gasteiger partial charge in [-0.05, 0) is 36.8 Å². The predicted molar refractivity (Wildman–Crippen MR) is 120 cm³/mol. The Kier molecular flexibility index (Phi) is 5.55. The number of primary amides is 2. The number of nitrogens with two attached hydrogens (primary N) is 2. The summed E-state index contributed by atoms with van der Waals surface area (Å²) in [6.07, 6.45) is 0. The van der Waals surface area contributed by atoms with E-state index in [0.29, 0.717) is 44.7 Å². The molecule has 4 N–H and O–H groups in total. The normalized spacial score (nSPS) is 17.5. The zero-order valence-electron chi connectivity index (χ0n) is 16.9. The van der Waals surface area contributed by atoms with Gasteiger partial charge in [0.1, 0.15) is 11.7 Å². The summed E-state index contributed by atoms with van der Waals surface area (Å²) in [6.45, 7) is 2.15. The van der Waals surface area contributed by atoms with Gasteiger partial charge in [0.2, 0.25) is 0 Å². The fourth-order valence-corrected chi connectivity index (χ4v) is 4.41. The zero-order valence-corrected chi connectivity index (χ0v) is 18.4. The smallest absolute Gasteiger partial charge is 0.315 e. The van der Waals surface area contributed by atoms with Crippen molar-refractivity contribution >= 4 is 35.1 Å². The van der Waals surface area contributed by atoms with Gasteiger partial charge in [-0.3, -0.25) is 9.48 Å². The Morgan fingerprint density at radius 2 is 1.81 bits per heavy atom. The quantitative estimate of drug-likeness (QED) is 0.606. The summed E-state index contributed by atoms with van der Waals surface area (Å²) in [5, 5.41) is 14.5. The minimum Gasteiger partial charge on any atom is -0.365 e. The first-order valence-electron chi connectivity index (χ1n) is 9.66. The van der Waals surface area contributed by atoms with Crippen molar-refractivity contribution in [3.05, 3.63) is 74.9 Å². The summed E-state index contributed by atoms with van der Waals surface area (Å²) in [5.41, 5.74) is 14.2. The molecule has 3 amide bonds. The van der Waals surface area contributed by atoms with Crippen molar-refractivity contribution in [1.82, 2.24) is 14.7 Å². The number of rotatable bonds is 3. The van der Waals surface area contributed by atoms with Crippen LogP contribution in [0.3, 0.4) is 0 Å². The summed E-state index contributed by atoms with van der Waals surface area (Å²) in [4.78, 5) is 26.6. The number of urea groups is 1. The van der Waals surface area contributed by atoms with Crippen LogP contribution in [0.5, 0.6) is 0 Å². The highest BCUT2D eigenvalue weighted by atomic mass is 35.5. The van der Waals surface area contributed by atoms with Crippen molar-refractivity contribution in [2.75, 3.05) is 0 Å². The molecule has 1 aromatic heterocycles. The van der Waals surface area contributed by atoms with Gasteiger partial charge in [0, 0.05) is 5.56 Å². The largest absolute Gasteiger partial charge is 0.365 e. The highest BCUT2D eigenvalue weighted by molar-refractivity contribution is 6.42. The number of halogens is 2. The molecule has 32 heavy (non-hydrogen) atoms. The summed E-state index contributed by atoms with van der Waals surface area (Å²) in [6, 6.07) is 12.0. The van der Waals surface area contributed by atoms with E-state index in [1.54, 1.807) is 47.1 Å². The van der Waals surface area contributed by atoms with Crippen LogP contribution in [0.1, 0.15) is 40.1 Å². The second kappa shape index (κ2) is 8.19. The Hall–Kier alpha value is -3.54. The number of fused-ring (bicyclic) bond motifs is 1. The van der Waals surface area contributed by atoms with Crippen molar-refractivity contribution in [1.29, 1.82) is 5.26 Å². The number of aromatic nitrogens is 2. The van der Waals surface area contributed by atoms with Crippen molar-refractivity contribution in [2.24, 2.45) is 11.5 Å². The molecule has 0 saturated carbocycles. The van der Waals surface area contributed by atoms with Gasteiger partial charge in [0.05, 0.1) is 45.5 Å². The van der Waals surface area contributed by atoms with Gasteiger partial charge in [-0.15, -0.1) is 0 Å². The number of nitrogens with zero attached hydrogens (tertiary/aromatic N) is 4. The monoisotopic (exact) mass is 468 g/mol. The number of carbonyl (C=O) groups excluding carboxylic acids is 2. The number of hydrogen-bond acceptors (Lipinski definition) is 4. The van der Waals surface area contributed by atoms with Gasteiger partial charge in [0.25, 0.3) is 5.91 Å². The van der Waals surface area contributed by atoms with Gasteiger partial charge in [-0.1, -0.05) is 41.4 Å². The lowest BCUT2D eigenvalue weighted by Crippen LogP contribution is -2.51. The molecule has 4 rings (SSSR count). The fourth-order valence-electron chi connectivity index (χ4n) is 4.11. The molecule has 2 heterocycles. The molecule has 2 unspecified atom stereocenters. The Balaban J connectivity index is 1.99. The highest BCUT2D eigenvalue weighted by Crippen LogP contribution is 2.40. The van der Waals surface area contributed by atoms with E-state index >= 15 is 0 Å². The Morgan fingerprint density at radius 1 is 1.12 bits per heavy atom. The van der Waals surface area contributed by atoms with Gasteiger partial charge >= 0.3 is 6.03 Å². The number of nitriles is 1. The van der Waals surface area contributed by atoms with Crippen molar-refractivity contribution in [2.45, 2.75) is 25.6 Å². The second-order valence-electron chi connectivity index (χ2n) is 7.51. The summed E-state index contributed by atoms with van der Waals surface area (Å²) in [5.74, 6) is -0.704. The third-order valence-electron chi connectivity index (χ3n) is 5.49. The van der Waals surface area contributed by atoms with Crippen molar-refractivity contribution in [3.63, 3.8) is 0 Å². The number of benzene rings is 2. The van der Waals surface area contributed by atoms with Gasteiger partial charge in [0.15, 0.2) is 0 Å². The maximum atomic E-state index is 12.6. The van der Waals surface area contributed by atoms with Crippen molar-refractivity contribution in [3.8, 4) is 17.3 Å². The van der Waals surface area contributed by atoms with Gasteiger partial charge < -0.3 is 16.4 Å². The molecule has 2 atom stereocenters. The van der Waals surface area contributed by atoms with E-state index in [9.17, 15) is 9.59 Å². The Labute approximate surface area is 193 Å². The molecule has 8 nitrogen and oxygen atoms in total. The van der Waals surface area contributed by atoms with Crippen molar-refractivity contribution < 1.29 is 9.59 Å². The van der Waals surface area contributed by atoms with E-state index in [2.05, 4.69) is 11.2 Å². The average molecular weight is 469 g/mol. The maximum Gasteiger partial charge on any atom is 0.315 e. The molecular formula is C22H18Cl2N6O2. The van der Waals surface area contributed by atoms with Crippen LogP contribution in [-0.4, -0.2) is 32.7 Å². The summed E-state index contributed by atoms with van der Waals surface area (Å²) >= 11 is 12.2. The lowest BCUT2D eigenvalue weighted by Gasteiger charge is -2.40. The first-order valence-corrected chi connectivity index (χ1v) is 10.4. The molecule has 0 aliphatic carbocycles. The van der Waals surface area contributed by atoms with Crippen LogP contribution in [0.25, 0.3) is 11.3 Å². The molecule has 1 aliphatic heterocycles. The van der Waals surface area contributed by atoms with Crippen LogP contribution in [0.2, 0.25) is 10.0 Å². The van der Waals surface area contributed by atoms with E-state index < -0.39 is 18.0 Å². The molecule has 2 aromatic carbocycles. The molecule has 10 heteroatoms. The first-order chi connectivity index (χ1) is 15.2. The topological polar surface area (TPSA) is 131 Å². The lowest BCUT2D eigenvalue weighted by atomic mass is 9.92. The first kappa shape index (κ1) is 21.7. The summed E-state index contributed by atoms with van der Waals surface area (Å²) in [7, 11) is 0. The zero-order chi connectivity index (χ0) is 23.2. The molecular weight excluding hydrogens is 451 g/mol. The van der Waals surface area contributed by atoms with E-state index in [1.165, 1.54) is 4.90 Å². The minimum absolute atomic E-state index is 0.163. The van der Waals surface area contributed by atoms with Gasteiger partial charge in [-0.25, -0.2) is 4.79 Å². The van der Waals surface area contributed by atoms with Crippen LogP contribution in [0, 0.1) is 11.3 Å². The highest BCUT2D eigenvalue weighted by Gasteiger charge is 2.41. The maximum absolute atomic E-state index is 12.6. The Bertz CT molecular complexity index is 1280. The van der Waals surface area contributed by atoms with Gasteiger partial charge in [-0.2, -0.15) is 10.4 Å². The fraction of sp³-hybridized carbons (Fsp3) is 0.182. The van der Waals surface area contributed by atoms with E-state index in [-0.39, 0.29) is 11.6 Å². The molecule has 0 bridgehead atoms. The third kappa shape index (κ3) is 3.55. The number of hydrogen-bond donors (Lipinski definition) is 2. The lowest BCUT2D eigenvalue weighted by molar-refractivity contribution is 0.0990. The number of amides is 3. The van der Waals surface area contributed by atoms with Crippen LogP contribution < -0.4 is 11.5 Å². The minimum atomic E-state index is -0.726. The average Bonchev–Trinajstić information content (AvgIpc) is 3.13. The molecule has 0 fully saturated rings. The second-order valence-corrected chi connectivity index (χ2v) is 8.33.